The highest BCUT2D eigenvalue weighted by Gasteiger charge is 2.40. The zero-order valence-corrected chi connectivity index (χ0v) is 17.0. The average molecular weight is 409 g/mol. The highest BCUT2D eigenvalue weighted by Crippen LogP contribution is 2.40. The quantitative estimate of drug-likeness (QED) is 0.483. The molecule has 5 rings (SSSR count). The van der Waals surface area contributed by atoms with Crippen molar-refractivity contribution < 1.29 is 14.0 Å². The van der Waals surface area contributed by atoms with E-state index in [1.165, 1.54) is 0 Å². The maximum absolute atomic E-state index is 13.4. The molecule has 0 bridgehead atoms. The lowest BCUT2D eigenvalue weighted by Gasteiger charge is -2.22. The zero-order valence-electron chi connectivity index (χ0n) is 17.0. The largest absolute Gasteiger partial charge is 0.383 e. The molecule has 0 aliphatic heterocycles. The number of benzene rings is 1. The minimum Gasteiger partial charge on any atom is -0.383 e. The van der Waals surface area contributed by atoms with Crippen molar-refractivity contribution in [1.82, 2.24) is 24.1 Å². The van der Waals surface area contributed by atoms with Crippen LogP contribution in [0.2, 0.25) is 0 Å². The van der Waals surface area contributed by atoms with Crippen LogP contribution in [-0.2, 0) is 21.6 Å². The van der Waals surface area contributed by atoms with Gasteiger partial charge in [0.2, 0.25) is 5.82 Å². The van der Waals surface area contributed by atoms with E-state index < -0.39 is 5.60 Å². The van der Waals surface area contributed by atoms with Gasteiger partial charge in [-0.25, -0.2) is 4.98 Å². The van der Waals surface area contributed by atoms with Crippen LogP contribution in [-0.4, -0.2) is 44.9 Å². The van der Waals surface area contributed by atoms with Crippen LogP contribution in [0.5, 0.6) is 0 Å². The average Bonchev–Trinajstić information content (AvgIpc) is 3.52. The number of imidazole rings is 1. The highest BCUT2D eigenvalue weighted by atomic mass is 16.5. The molecule has 30 heavy (non-hydrogen) atoms. The fourth-order valence-corrected chi connectivity index (χ4v) is 4.40. The molecule has 0 atom stereocenters. The van der Waals surface area contributed by atoms with Crippen LogP contribution < -0.4 is 5.56 Å². The minimum absolute atomic E-state index is 0.180. The second-order valence-corrected chi connectivity index (χ2v) is 7.58. The predicted octanol–water partition coefficient (Wildman–Crippen LogP) is 2.76. The number of aromatic nitrogens is 5. The van der Waals surface area contributed by atoms with Crippen LogP contribution >= 0.6 is 0 Å². The lowest BCUT2D eigenvalue weighted by atomic mass is 10.0. The van der Waals surface area contributed by atoms with Crippen molar-refractivity contribution in [2.24, 2.45) is 0 Å². The third-order valence-corrected chi connectivity index (χ3v) is 6.00. The fourth-order valence-electron chi connectivity index (χ4n) is 4.40. The molecule has 4 aromatic rings. The van der Waals surface area contributed by atoms with Crippen molar-refractivity contribution in [3.8, 4) is 11.6 Å². The molecule has 156 valence electrons. The number of rotatable bonds is 6. The Morgan fingerprint density at radius 3 is 2.67 bits per heavy atom. The molecule has 1 aliphatic rings. The monoisotopic (exact) mass is 409 g/mol. The number of hydrogen-bond acceptors (Lipinski definition) is 7. The first-order valence-electron chi connectivity index (χ1n) is 10.1. The van der Waals surface area contributed by atoms with E-state index in [4.69, 9.17) is 14.0 Å². The maximum atomic E-state index is 13.4. The van der Waals surface area contributed by atoms with Crippen molar-refractivity contribution in [3.63, 3.8) is 0 Å². The summed E-state index contributed by atoms with van der Waals surface area (Å²) in [6, 6.07) is 7.71. The molecule has 0 amide bonds. The van der Waals surface area contributed by atoms with Gasteiger partial charge in [0.05, 0.1) is 17.6 Å². The van der Waals surface area contributed by atoms with E-state index in [1.54, 1.807) is 29.5 Å². The number of nitrogens with zero attached hydrogens (tertiary/aromatic N) is 5. The molecule has 0 N–H and O–H groups in total. The number of fused-ring (bicyclic) bond motifs is 3. The minimum atomic E-state index is -0.525. The van der Waals surface area contributed by atoms with Gasteiger partial charge in [0.1, 0.15) is 17.4 Å². The molecule has 9 nitrogen and oxygen atoms in total. The Hall–Kier alpha value is -3.04. The number of para-hydroxylation sites is 2. The van der Waals surface area contributed by atoms with Crippen LogP contribution in [0, 0.1) is 0 Å². The molecule has 0 saturated heterocycles. The summed E-state index contributed by atoms with van der Waals surface area (Å²) >= 11 is 0. The normalized spacial score (nSPS) is 16.1. The second kappa shape index (κ2) is 7.33. The third kappa shape index (κ3) is 2.77. The summed E-state index contributed by atoms with van der Waals surface area (Å²) < 4.78 is 20.0. The Kier molecular flexibility index (Phi) is 4.63. The lowest BCUT2D eigenvalue weighted by molar-refractivity contribution is -0.0178. The van der Waals surface area contributed by atoms with Gasteiger partial charge >= 0.3 is 0 Å². The second-order valence-electron chi connectivity index (χ2n) is 7.58. The Morgan fingerprint density at radius 2 is 1.93 bits per heavy atom. The number of ether oxygens (including phenoxy) is 2. The van der Waals surface area contributed by atoms with E-state index in [-0.39, 0.29) is 11.4 Å². The Morgan fingerprint density at radius 1 is 1.17 bits per heavy atom. The van der Waals surface area contributed by atoms with Crippen molar-refractivity contribution in [2.45, 2.75) is 37.8 Å². The molecule has 1 aromatic carbocycles. The molecule has 1 aliphatic carbocycles. The zero-order chi connectivity index (χ0) is 20.7. The number of methoxy groups -OCH3 is 2. The van der Waals surface area contributed by atoms with Gasteiger partial charge < -0.3 is 18.6 Å². The van der Waals surface area contributed by atoms with Crippen molar-refractivity contribution in [2.75, 3.05) is 20.8 Å². The van der Waals surface area contributed by atoms with E-state index in [9.17, 15) is 4.79 Å². The Labute approximate surface area is 172 Å². The molecule has 1 saturated carbocycles. The lowest BCUT2D eigenvalue weighted by Crippen LogP contribution is -2.26. The van der Waals surface area contributed by atoms with Gasteiger partial charge in [0.15, 0.2) is 5.69 Å². The van der Waals surface area contributed by atoms with E-state index in [2.05, 4.69) is 15.1 Å². The Bertz CT molecular complexity index is 1270. The molecule has 3 heterocycles. The molecule has 0 spiro atoms. The van der Waals surface area contributed by atoms with E-state index >= 15 is 0 Å². The van der Waals surface area contributed by atoms with Gasteiger partial charge in [0, 0.05) is 20.8 Å². The summed E-state index contributed by atoms with van der Waals surface area (Å²) in [6.07, 6.45) is 5.44. The summed E-state index contributed by atoms with van der Waals surface area (Å²) in [5.74, 6) is 0.737. The summed E-state index contributed by atoms with van der Waals surface area (Å²) in [6.45, 7) is 0.851. The van der Waals surface area contributed by atoms with Crippen LogP contribution in [0.15, 0.2) is 39.9 Å². The van der Waals surface area contributed by atoms with Crippen molar-refractivity contribution >= 4 is 16.6 Å². The summed E-state index contributed by atoms with van der Waals surface area (Å²) in [4.78, 5) is 22.5. The summed E-state index contributed by atoms with van der Waals surface area (Å²) in [7, 11) is 3.29. The van der Waals surface area contributed by atoms with E-state index in [1.807, 2.05) is 24.3 Å². The summed E-state index contributed by atoms with van der Waals surface area (Å²) in [5.41, 5.74) is 1.75. The van der Waals surface area contributed by atoms with Crippen LogP contribution in [0.4, 0.5) is 0 Å². The first-order chi connectivity index (χ1) is 14.7. The molecular formula is C21H23N5O4. The molecular weight excluding hydrogens is 386 g/mol. The van der Waals surface area contributed by atoms with Crippen molar-refractivity contribution in [1.29, 1.82) is 0 Å². The Balaban J connectivity index is 1.70. The van der Waals surface area contributed by atoms with E-state index in [0.717, 1.165) is 36.7 Å². The van der Waals surface area contributed by atoms with Gasteiger partial charge in [0.25, 0.3) is 11.4 Å². The highest BCUT2D eigenvalue weighted by molar-refractivity contribution is 5.83. The van der Waals surface area contributed by atoms with Gasteiger partial charge in [-0.3, -0.25) is 9.20 Å². The van der Waals surface area contributed by atoms with Crippen LogP contribution in [0.3, 0.4) is 0 Å². The summed E-state index contributed by atoms with van der Waals surface area (Å²) in [5, 5.41) is 4.18. The molecule has 3 aromatic heterocycles. The van der Waals surface area contributed by atoms with Crippen LogP contribution in [0.25, 0.3) is 28.1 Å². The molecule has 0 unspecified atom stereocenters. The predicted molar refractivity (Wildman–Crippen MR) is 109 cm³/mol. The van der Waals surface area contributed by atoms with Crippen LogP contribution in [0.1, 0.15) is 31.5 Å². The van der Waals surface area contributed by atoms with Gasteiger partial charge in [-0.15, -0.1) is 0 Å². The van der Waals surface area contributed by atoms with Gasteiger partial charge in [-0.1, -0.05) is 17.3 Å². The third-order valence-electron chi connectivity index (χ3n) is 6.00. The first-order valence-corrected chi connectivity index (χ1v) is 10.1. The fraction of sp³-hybridized carbons (Fsp3) is 0.429. The SMILES string of the molecule is COCCn1c(=O)c2c(-c3nc(C4(OC)CCCC4)no3)ncn2c2ccccc21. The molecule has 0 radical (unpaired) electrons. The molecule has 1 fully saturated rings. The van der Waals surface area contributed by atoms with E-state index in [0.29, 0.717) is 30.2 Å². The molecule has 9 heteroatoms. The van der Waals surface area contributed by atoms with Gasteiger partial charge in [-0.05, 0) is 37.8 Å². The smallest absolute Gasteiger partial charge is 0.279 e. The van der Waals surface area contributed by atoms with Gasteiger partial charge in [-0.2, -0.15) is 4.98 Å². The van der Waals surface area contributed by atoms with Crippen molar-refractivity contribution in [3.05, 3.63) is 46.8 Å². The number of hydrogen-bond donors (Lipinski definition) is 0. The first kappa shape index (κ1) is 19.0. The standard InChI is InChI=1S/C21H23N5O4/c1-28-12-11-25-14-7-3-4-8-15(14)26-13-22-16(17(26)19(25)27)18-23-20(24-30-18)21(29-2)9-5-6-10-21/h3-4,7-8,13H,5-6,9-12H2,1-2H3. The topological polar surface area (TPSA) is 96.7 Å². The maximum Gasteiger partial charge on any atom is 0.279 e.